The summed E-state index contributed by atoms with van der Waals surface area (Å²) in [6.45, 7) is 5.59. The molecular weight excluding hydrogens is 388 g/mol. The van der Waals surface area contributed by atoms with Gasteiger partial charge in [-0.15, -0.1) is 0 Å². The van der Waals surface area contributed by atoms with Crippen molar-refractivity contribution in [2.45, 2.75) is 19.4 Å². The number of sulfonamides is 1. The summed E-state index contributed by atoms with van der Waals surface area (Å²) in [5.41, 5.74) is 3.43. The molecule has 1 unspecified atom stereocenters. The number of amides is 1. The monoisotopic (exact) mass is 414 g/mol. The molecule has 29 heavy (non-hydrogen) atoms. The van der Waals surface area contributed by atoms with E-state index in [2.05, 4.69) is 22.9 Å². The summed E-state index contributed by atoms with van der Waals surface area (Å²) in [4.78, 5) is 21.4. The first-order valence-electron chi connectivity index (χ1n) is 9.88. The number of pyridine rings is 1. The van der Waals surface area contributed by atoms with E-state index in [0.717, 1.165) is 18.7 Å². The Morgan fingerprint density at radius 2 is 1.86 bits per heavy atom. The molecule has 0 aliphatic carbocycles. The number of hydrogen-bond acceptors (Lipinski definition) is 5. The summed E-state index contributed by atoms with van der Waals surface area (Å²) in [5.74, 6) is 0.0132. The van der Waals surface area contributed by atoms with Crippen LogP contribution in [-0.4, -0.2) is 68.1 Å². The molecule has 0 saturated carbocycles. The van der Waals surface area contributed by atoms with E-state index in [1.54, 1.807) is 18.3 Å². The SMILES string of the molecule is CC(c1cccnc1)N1CCN(C(=O)c2ccc3c(c2)CCN3S(C)(=O)=O)CC1. The second-order valence-electron chi connectivity index (χ2n) is 7.72. The summed E-state index contributed by atoms with van der Waals surface area (Å²) < 4.78 is 25.2. The third-order valence-electron chi connectivity index (χ3n) is 5.90. The Labute approximate surface area is 172 Å². The zero-order valence-electron chi connectivity index (χ0n) is 16.8. The lowest BCUT2D eigenvalue weighted by atomic mass is 10.1. The maximum Gasteiger partial charge on any atom is 0.253 e. The fraction of sp³-hybridized carbons (Fsp3) is 0.429. The number of nitrogens with zero attached hydrogens (tertiary/aromatic N) is 4. The minimum absolute atomic E-state index is 0.0132. The first-order chi connectivity index (χ1) is 13.8. The van der Waals surface area contributed by atoms with E-state index in [1.807, 2.05) is 23.2 Å². The lowest BCUT2D eigenvalue weighted by Gasteiger charge is -2.38. The van der Waals surface area contributed by atoms with Crippen molar-refractivity contribution < 1.29 is 13.2 Å². The van der Waals surface area contributed by atoms with Gasteiger partial charge in [-0.2, -0.15) is 0 Å². The molecule has 7 nitrogen and oxygen atoms in total. The van der Waals surface area contributed by atoms with Crippen LogP contribution in [0.3, 0.4) is 0 Å². The van der Waals surface area contributed by atoms with Crippen molar-refractivity contribution in [2.75, 3.05) is 43.3 Å². The molecule has 1 saturated heterocycles. The second-order valence-corrected chi connectivity index (χ2v) is 9.63. The molecule has 154 valence electrons. The predicted octanol–water partition coefficient (Wildman–Crippen LogP) is 1.92. The average molecular weight is 415 g/mol. The van der Waals surface area contributed by atoms with Gasteiger partial charge in [0.15, 0.2) is 0 Å². The average Bonchev–Trinajstić information content (AvgIpc) is 3.17. The molecule has 4 rings (SSSR count). The number of fused-ring (bicyclic) bond motifs is 1. The molecule has 0 spiro atoms. The Balaban J connectivity index is 1.42. The molecule has 8 heteroatoms. The van der Waals surface area contributed by atoms with E-state index in [4.69, 9.17) is 0 Å². The van der Waals surface area contributed by atoms with Gasteiger partial charge in [0, 0.05) is 56.7 Å². The number of carbonyl (C=O) groups is 1. The zero-order valence-corrected chi connectivity index (χ0v) is 17.6. The summed E-state index contributed by atoms with van der Waals surface area (Å²) >= 11 is 0. The van der Waals surface area contributed by atoms with Crippen molar-refractivity contribution in [1.29, 1.82) is 0 Å². The van der Waals surface area contributed by atoms with Crippen LogP contribution in [0.2, 0.25) is 0 Å². The molecular formula is C21H26N4O3S. The molecule has 1 fully saturated rings. The highest BCUT2D eigenvalue weighted by atomic mass is 32.2. The number of anilines is 1. The molecule has 1 aromatic heterocycles. The normalized spacial score (nSPS) is 18.6. The van der Waals surface area contributed by atoms with Gasteiger partial charge in [-0.1, -0.05) is 6.07 Å². The van der Waals surface area contributed by atoms with Crippen LogP contribution in [-0.2, 0) is 16.4 Å². The maximum atomic E-state index is 13.0. The molecule has 0 bridgehead atoms. The van der Waals surface area contributed by atoms with E-state index < -0.39 is 10.0 Å². The Morgan fingerprint density at radius 3 is 2.52 bits per heavy atom. The Bertz CT molecular complexity index is 1000. The van der Waals surface area contributed by atoms with Crippen LogP contribution in [0, 0.1) is 0 Å². The fourth-order valence-electron chi connectivity index (χ4n) is 4.18. The van der Waals surface area contributed by atoms with Gasteiger partial charge in [-0.05, 0) is 48.7 Å². The van der Waals surface area contributed by atoms with Crippen molar-refractivity contribution in [3.8, 4) is 0 Å². The van der Waals surface area contributed by atoms with Gasteiger partial charge in [0.25, 0.3) is 5.91 Å². The summed E-state index contributed by atoms with van der Waals surface area (Å²) in [5, 5.41) is 0. The van der Waals surface area contributed by atoms with Gasteiger partial charge >= 0.3 is 0 Å². The molecule has 0 radical (unpaired) electrons. The van der Waals surface area contributed by atoms with Gasteiger partial charge in [0.05, 0.1) is 11.9 Å². The third-order valence-corrected chi connectivity index (χ3v) is 7.08. The van der Waals surface area contributed by atoms with E-state index in [0.29, 0.717) is 37.3 Å². The second kappa shape index (κ2) is 7.76. The highest BCUT2D eigenvalue weighted by molar-refractivity contribution is 7.92. The topological polar surface area (TPSA) is 73.8 Å². The standard InChI is InChI=1S/C21H26N4O3S/c1-16(19-4-3-8-22-15-19)23-10-12-24(13-11-23)21(26)18-5-6-20-17(14-18)7-9-25(20)29(2,27)28/h3-6,8,14-16H,7,9-13H2,1-2H3. The summed E-state index contributed by atoms with van der Waals surface area (Å²) in [6, 6.07) is 9.66. The van der Waals surface area contributed by atoms with E-state index in [9.17, 15) is 13.2 Å². The number of piperazine rings is 1. The minimum Gasteiger partial charge on any atom is -0.336 e. The Kier molecular flexibility index (Phi) is 5.31. The maximum absolute atomic E-state index is 13.0. The highest BCUT2D eigenvalue weighted by Crippen LogP contribution is 2.31. The first-order valence-corrected chi connectivity index (χ1v) is 11.7. The van der Waals surface area contributed by atoms with E-state index >= 15 is 0 Å². The lowest BCUT2D eigenvalue weighted by Crippen LogP contribution is -2.49. The van der Waals surface area contributed by atoms with Crippen molar-refractivity contribution in [2.24, 2.45) is 0 Å². The predicted molar refractivity (Wildman–Crippen MR) is 112 cm³/mol. The first kappa shape index (κ1) is 19.8. The molecule has 3 heterocycles. The summed E-state index contributed by atoms with van der Waals surface area (Å²) in [7, 11) is -3.28. The van der Waals surface area contributed by atoms with Crippen LogP contribution < -0.4 is 4.31 Å². The molecule has 2 aliphatic rings. The number of aromatic nitrogens is 1. The lowest BCUT2D eigenvalue weighted by molar-refractivity contribution is 0.0582. The van der Waals surface area contributed by atoms with Crippen LogP contribution in [0.1, 0.15) is 34.5 Å². The van der Waals surface area contributed by atoms with Gasteiger partial charge in [-0.25, -0.2) is 8.42 Å². The number of benzene rings is 1. The molecule has 2 aromatic rings. The molecule has 1 amide bonds. The van der Waals surface area contributed by atoms with E-state index in [-0.39, 0.29) is 11.9 Å². The van der Waals surface area contributed by atoms with Crippen molar-refractivity contribution in [1.82, 2.24) is 14.8 Å². The Hall–Kier alpha value is -2.45. The van der Waals surface area contributed by atoms with Gasteiger partial charge in [0.1, 0.15) is 0 Å². The number of hydrogen-bond donors (Lipinski definition) is 0. The third kappa shape index (κ3) is 4.00. The molecule has 1 atom stereocenters. The van der Waals surface area contributed by atoms with Crippen molar-refractivity contribution in [3.05, 3.63) is 59.4 Å². The van der Waals surface area contributed by atoms with Gasteiger partial charge in [-0.3, -0.25) is 19.0 Å². The zero-order chi connectivity index (χ0) is 20.6. The van der Waals surface area contributed by atoms with Crippen LogP contribution >= 0.6 is 0 Å². The fourth-order valence-corrected chi connectivity index (χ4v) is 5.14. The van der Waals surface area contributed by atoms with Crippen molar-refractivity contribution >= 4 is 21.6 Å². The smallest absolute Gasteiger partial charge is 0.253 e. The van der Waals surface area contributed by atoms with Crippen molar-refractivity contribution in [3.63, 3.8) is 0 Å². The molecule has 0 N–H and O–H groups in total. The quantitative estimate of drug-likeness (QED) is 0.764. The molecule has 2 aliphatic heterocycles. The van der Waals surface area contributed by atoms with Crippen LogP contribution in [0.15, 0.2) is 42.7 Å². The minimum atomic E-state index is -3.28. The van der Waals surface area contributed by atoms with Gasteiger partial charge < -0.3 is 4.90 Å². The van der Waals surface area contributed by atoms with Crippen LogP contribution in [0.5, 0.6) is 0 Å². The number of rotatable bonds is 4. The van der Waals surface area contributed by atoms with Crippen LogP contribution in [0.25, 0.3) is 0 Å². The molecule has 1 aromatic carbocycles. The van der Waals surface area contributed by atoms with E-state index in [1.165, 1.54) is 16.1 Å². The summed E-state index contributed by atoms with van der Waals surface area (Å²) in [6.07, 6.45) is 5.53. The number of carbonyl (C=O) groups excluding carboxylic acids is 1. The Morgan fingerprint density at radius 1 is 1.10 bits per heavy atom. The highest BCUT2D eigenvalue weighted by Gasteiger charge is 2.29. The largest absolute Gasteiger partial charge is 0.336 e. The van der Waals surface area contributed by atoms with Crippen LogP contribution in [0.4, 0.5) is 5.69 Å². The van der Waals surface area contributed by atoms with Gasteiger partial charge in [0.2, 0.25) is 10.0 Å².